The van der Waals surface area contributed by atoms with Crippen LogP contribution in [0.15, 0.2) is 0 Å². The van der Waals surface area contributed by atoms with Crippen molar-refractivity contribution < 1.29 is 4.39 Å². The average Bonchev–Trinajstić information content (AvgIpc) is 1.60. The molecule has 3 saturated carbocycles. The molecule has 0 aromatic heterocycles. The second-order valence-electron chi connectivity index (χ2n) is 3.83. The predicted molar refractivity (Wildman–Crippen MR) is 41.0 cm³/mol. The SMILES string of the molecule is Cl.NC12CC(CCF)(C1)C2. The van der Waals surface area contributed by atoms with Crippen molar-refractivity contribution in [2.45, 2.75) is 31.2 Å². The maximum Gasteiger partial charge on any atom is 0.0899 e. The Morgan fingerprint density at radius 2 is 1.80 bits per heavy atom. The summed E-state index contributed by atoms with van der Waals surface area (Å²) in [6.45, 7) is -0.157. The van der Waals surface area contributed by atoms with E-state index in [9.17, 15) is 4.39 Å². The molecule has 3 rings (SSSR count). The van der Waals surface area contributed by atoms with E-state index in [0.717, 1.165) is 25.7 Å². The van der Waals surface area contributed by atoms with Crippen molar-refractivity contribution >= 4 is 12.4 Å². The molecule has 3 aliphatic carbocycles. The maximum absolute atomic E-state index is 11.8. The first-order valence-electron chi connectivity index (χ1n) is 3.53. The van der Waals surface area contributed by atoms with Gasteiger partial charge < -0.3 is 5.73 Å². The van der Waals surface area contributed by atoms with E-state index in [2.05, 4.69) is 0 Å². The highest BCUT2D eigenvalue weighted by molar-refractivity contribution is 5.85. The Hall–Kier alpha value is 0.180. The summed E-state index contributed by atoms with van der Waals surface area (Å²) in [6.07, 6.45) is 4.02. The molecular weight excluding hydrogens is 153 g/mol. The van der Waals surface area contributed by atoms with E-state index in [-0.39, 0.29) is 24.6 Å². The van der Waals surface area contributed by atoms with E-state index in [4.69, 9.17) is 5.73 Å². The molecular formula is C7H13ClFN. The summed E-state index contributed by atoms with van der Waals surface area (Å²) in [5.74, 6) is 0. The van der Waals surface area contributed by atoms with Gasteiger partial charge in [0.25, 0.3) is 0 Å². The highest BCUT2D eigenvalue weighted by Crippen LogP contribution is 2.67. The molecule has 0 aromatic rings. The van der Waals surface area contributed by atoms with Crippen LogP contribution >= 0.6 is 12.4 Å². The average molecular weight is 166 g/mol. The van der Waals surface area contributed by atoms with Crippen LogP contribution < -0.4 is 5.73 Å². The molecule has 0 aliphatic heterocycles. The Morgan fingerprint density at radius 1 is 1.30 bits per heavy atom. The fraction of sp³-hybridized carbons (Fsp3) is 1.00. The monoisotopic (exact) mass is 165 g/mol. The second kappa shape index (κ2) is 2.08. The smallest absolute Gasteiger partial charge is 0.0899 e. The minimum atomic E-state index is -0.157. The van der Waals surface area contributed by atoms with Crippen molar-refractivity contribution in [3.05, 3.63) is 0 Å². The number of halogens is 2. The van der Waals surface area contributed by atoms with E-state index in [1.807, 2.05) is 0 Å². The van der Waals surface area contributed by atoms with Crippen LogP contribution in [0.2, 0.25) is 0 Å². The van der Waals surface area contributed by atoms with Gasteiger partial charge in [-0.1, -0.05) is 0 Å². The van der Waals surface area contributed by atoms with Crippen molar-refractivity contribution in [2.75, 3.05) is 6.67 Å². The predicted octanol–water partition coefficient (Wildman–Crippen LogP) is 1.65. The van der Waals surface area contributed by atoms with E-state index >= 15 is 0 Å². The molecule has 0 saturated heterocycles. The van der Waals surface area contributed by atoms with Gasteiger partial charge in [0.05, 0.1) is 6.67 Å². The van der Waals surface area contributed by atoms with E-state index in [0.29, 0.717) is 5.41 Å². The molecule has 0 unspecified atom stereocenters. The third-order valence-electron chi connectivity index (χ3n) is 2.81. The molecule has 0 heterocycles. The summed E-state index contributed by atoms with van der Waals surface area (Å²) in [5, 5.41) is 0. The Kier molecular flexibility index (Phi) is 1.72. The van der Waals surface area contributed by atoms with Gasteiger partial charge in [-0.15, -0.1) is 12.4 Å². The highest BCUT2D eigenvalue weighted by atomic mass is 35.5. The van der Waals surface area contributed by atoms with Crippen LogP contribution in [0.3, 0.4) is 0 Å². The second-order valence-corrected chi connectivity index (χ2v) is 3.83. The molecule has 3 fully saturated rings. The van der Waals surface area contributed by atoms with Crippen LogP contribution in [0.4, 0.5) is 4.39 Å². The lowest BCUT2D eigenvalue weighted by atomic mass is 9.39. The Balaban J connectivity index is 0.000000500. The summed E-state index contributed by atoms with van der Waals surface area (Å²) < 4.78 is 11.8. The lowest BCUT2D eigenvalue weighted by Crippen LogP contribution is -2.72. The zero-order valence-corrected chi connectivity index (χ0v) is 6.72. The quantitative estimate of drug-likeness (QED) is 0.662. The molecule has 0 spiro atoms. The van der Waals surface area contributed by atoms with Crippen LogP contribution in [0.5, 0.6) is 0 Å². The zero-order valence-electron chi connectivity index (χ0n) is 5.90. The molecule has 2 N–H and O–H groups in total. The first-order chi connectivity index (χ1) is 4.18. The molecule has 10 heavy (non-hydrogen) atoms. The lowest BCUT2D eigenvalue weighted by molar-refractivity contribution is -0.138. The first-order valence-corrected chi connectivity index (χ1v) is 3.53. The molecule has 0 radical (unpaired) electrons. The highest BCUT2D eigenvalue weighted by Gasteiger charge is 2.64. The fourth-order valence-corrected chi connectivity index (χ4v) is 2.55. The van der Waals surface area contributed by atoms with Crippen molar-refractivity contribution in [3.63, 3.8) is 0 Å². The number of hydrogen-bond donors (Lipinski definition) is 1. The summed E-state index contributed by atoms with van der Waals surface area (Å²) in [5.41, 5.74) is 6.32. The Morgan fingerprint density at radius 3 is 2.10 bits per heavy atom. The minimum Gasteiger partial charge on any atom is -0.325 e. The molecule has 0 aromatic carbocycles. The van der Waals surface area contributed by atoms with Crippen LogP contribution in [0, 0.1) is 5.41 Å². The lowest BCUT2D eigenvalue weighted by Gasteiger charge is -2.69. The van der Waals surface area contributed by atoms with Gasteiger partial charge >= 0.3 is 0 Å². The normalized spacial score (nSPS) is 48.6. The molecule has 3 aliphatic rings. The van der Waals surface area contributed by atoms with Gasteiger partial charge in [0.15, 0.2) is 0 Å². The zero-order chi connectivity index (χ0) is 6.54. The Labute approximate surface area is 66.6 Å². The number of alkyl halides is 1. The minimum absolute atomic E-state index is 0. The van der Waals surface area contributed by atoms with Crippen molar-refractivity contribution in [2.24, 2.45) is 11.1 Å². The van der Waals surface area contributed by atoms with Gasteiger partial charge in [0, 0.05) is 5.54 Å². The maximum atomic E-state index is 11.8. The van der Waals surface area contributed by atoms with Gasteiger partial charge in [0.1, 0.15) is 0 Å². The molecule has 60 valence electrons. The summed E-state index contributed by atoms with van der Waals surface area (Å²) in [4.78, 5) is 0. The standard InChI is InChI=1S/C7H12FN.ClH/c8-2-1-6-3-7(9,4-6)5-6;/h1-5,9H2;1H. The summed E-state index contributed by atoms with van der Waals surface area (Å²) >= 11 is 0. The van der Waals surface area contributed by atoms with Crippen LogP contribution in [-0.4, -0.2) is 12.2 Å². The van der Waals surface area contributed by atoms with Gasteiger partial charge in [0.2, 0.25) is 0 Å². The van der Waals surface area contributed by atoms with Crippen molar-refractivity contribution in [1.29, 1.82) is 0 Å². The molecule has 0 amide bonds. The van der Waals surface area contributed by atoms with Crippen LogP contribution in [0.25, 0.3) is 0 Å². The number of nitrogens with two attached hydrogens (primary N) is 1. The molecule has 3 heteroatoms. The summed E-state index contributed by atoms with van der Waals surface area (Å²) in [6, 6.07) is 0. The van der Waals surface area contributed by atoms with Crippen molar-refractivity contribution in [1.82, 2.24) is 0 Å². The van der Waals surface area contributed by atoms with Gasteiger partial charge in [-0.25, -0.2) is 0 Å². The Bertz CT molecular complexity index is 123. The fourth-order valence-electron chi connectivity index (χ4n) is 2.55. The first kappa shape index (κ1) is 8.28. The number of hydrogen-bond acceptors (Lipinski definition) is 1. The van der Waals surface area contributed by atoms with Crippen molar-refractivity contribution in [3.8, 4) is 0 Å². The molecule has 0 atom stereocenters. The van der Waals surface area contributed by atoms with E-state index in [1.54, 1.807) is 0 Å². The van der Waals surface area contributed by atoms with Crippen LogP contribution in [-0.2, 0) is 0 Å². The topological polar surface area (TPSA) is 26.0 Å². The van der Waals surface area contributed by atoms with E-state index in [1.165, 1.54) is 0 Å². The third-order valence-corrected chi connectivity index (χ3v) is 2.81. The number of rotatable bonds is 2. The summed E-state index contributed by atoms with van der Waals surface area (Å²) in [7, 11) is 0. The van der Waals surface area contributed by atoms with Gasteiger partial charge in [-0.3, -0.25) is 4.39 Å². The molecule has 1 nitrogen and oxygen atoms in total. The van der Waals surface area contributed by atoms with E-state index < -0.39 is 0 Å². The van der Waals surface area contributed by atoms with Gasteiger partial charge in [-0.05, 0) is 31.1 Å². The molecule has 2 bridgehead atoms. The van der Waals surface area contributed by atoms with Crippen LogP contribution in [0.1, 0.15) is 25.7 Å². The third kappa shape index (κ3) is 0.857. The largest absolute Gasteiger partial charge is 0.325 e. The van der Waals surface area contributed by atoms with Gasteiger partial charge in [-0.2, -0.15) is 0 Å².